The lowest BCUT2D eigenvalue weighted by atomic mass is 9.98. The van der Waals surface area contributed by atoms with E-state index in [2.05, 4.69) is 0 Å². The second-order valence-electron chi connectivity index (χ2n) is 4.38. The summed E-state index contributed by atoms with van der Waals surface area (Å²) in [6.45, 7) is 0. The molecule has 2 N–H and O–H groups in total. The van der Waals surface area contributed by atoms with Gasteiger partial charge in [0.2, 0.25) is 5.91 Å². The molecule has 1 aromatic heterocycles. The van der Waals surface area contributed by atoms with Crippen LogP contribution in [-0.4, -0.2) is 11.7 Å². The Balaban J connectivity index is 2.16. The highest BCUT2D eigenvalue weighted by Gasteiger charge is 2.19. The molecule has 0 fully saturated rings. The fraction of sp³-hybridized carbons (Fsp3) is 0. The van der Waals surface area contributed by atoms with E-state index in [1.165, 1.54) is 12.3 Å². The first kappa shape index (κ1) is 12.2. The molecule has 20 heavy (non-hydrogen) atoms. The van der Waals surface area contributed by atoms with Crippen molar-refractivity contribution >= 4 is 22.7 Å². The van der Waals surface area contributed by atoms with Crippen LogP contribution in [-0.2, 0) is 0 Å². The summed E-state index contributed by atoms with van der Waals surface area (Å²) in [5.74, 6) is -0.897. The van der Waals surface area contributed by atoms with E-state index in [9.17, 15) is 9.59 Å². The Hall–Kier alpha value is -2.88. The van der Waals surface area contributed by atoms with Crippen LogP contribution in [0.2, 0.25) is 0 Å². The predicted octanol–water partition coefficient (Wildman–Crippen LogP) is 2.76. The highest BCUT2D eigenvalue weighted by atomic mass is 16.3. The van der Waals surface area contributed by atoms with E-state index >= 15 is 0 Å². The molecule has 3 aromatic rings. The van der Waals surface area contributed by atoms with Crippen molar-refractivity contribution in [3.8, 4) is 0 Å². The topological polar surface area (TPSA) is 73.3 Å². The normalized spacial score (nSPS) is 10.6. The number of carbonyl (C=O) groups is 2. The zero-order valence-corrected chi connectivity index (χ0v) is 10.5. The number of ketones is 1. The van der Waals surface area contributed by atoms with E-state index in [-0.39, 0.29) is 16.9 Å². The lowest BCUT2D eigenvalue weighted by Crippen LogP contribution is -2.16. The van der Waals surface area contributed by atoms with Crippen LogP contribution in [0.4, 0.5) is 0 Å². The van der Waals surface area contributed by atoms with Crippen LogP contribution < -0.4 is 5.73 Å². The number of benzene rings is 2. The van der Waals surface area contributed by atoms with Crippen LogP contribution in [0.25, 0.3) is 11.0 Å². The van der Waals surface area contributed by atoms with Gasteiger partial charge in [-0.3, -0.25) is 9.59 Å². The van der Waals surface area contributed by atoms with Gasteiger partial charge in [0, 0.05) is 10.9 Å². The number of primary amides is 1. The van der Waals surface area contributed by atoms with Crippen molar-refractivity contribution in [1.29, 1.82) is 0 Å². The third-order valence-electron chi connectivity index (χ3n) is 3.16. The van der Waals surface area contributed by atoms with Gasteiger partial charge < -0.3 is 10.2 Å². The molecule has 4 nitrogen and oxygen atoms in total. The molecule has 4 heteroatoms. The third-order valence-corrected chi connectivity index (χ3v) is 3.16. The van der Waals surface area contributed by atoms with Crippen LogP contribution in [0, 0.1) is 0 Å². The van der Waals surface area contributed by atoms with Gasteiger partial charge in [-0.2, -0.15) is 0 Å². The zero-order valence-electron chi connectivity index (χ0n) is 10.5. The van der Waals surface area contributed by atoms with Gasteiger partial charge in [-0.1, -0.05) is 36.4 Å². The average molecular weight is 265 g/mol. The Labute approximate surface area is 114 Å². The molecular weight excluding hydrogens is 254 g/mol. The molecule has 1 heterocycles. The maximum absolute atomic E-state index is 12.6. The predicted molar refractivity (Wildman–Crippen MR) is 74.6 cm³/mol. The quantitative estimate of drug-likeness (QED) is 0.740. The van der Waals surface area contributed by atoms with Gasteiger partial charge >= 0.3 is 0 Å². The number of furan rings is 1. The van der Waals surface area contributed by atoms with Crippen molar-refractivity contribution in [1.82, 2.24) is 0 Å². The zero-order chi connectivity index (χ0) is 14.1. The summed E-state index contributed by atoms with van der Waals surface area (Å²) in [6.07, 6.45) is 1.41. The standard InChI is InChI=1S/C16H11NO3/c17-16(19)12-7-2-1-6-11(12)15(18)13-9-20-14-8-4-3-5-10(13)14/h1-9H,(H2,17,19). The third kappa shape index (κ3) is 1.87. The fourth-order valence-electron chi connectivity index (χ4n) is 2.19. The van der Waals surface area contributed by atoms with Crippen molar-refractivity contribution in [2.75, 3.05) is 0 Å². The molecule has 0 aliphatic carbocycles. The average Bonchev–Trinajstić information content (AvgIpc) is 2.90. The summed E-state index contributed by atoms with van der Waals surface area (Å²) >= 11 is 0. The summed E-state index contributed by atoms with van der Waals surface area (Å²) in [4.78, 5) is 24.0. The van der Waals surface area contributed by atoms with Crippen LogP contribution in [0.1, 0.15) is 26.3 Å². The number of carbonyl (C=O) groups excluding carboxylic acids is 2. The van der Waals surface area contributed by atoms with Gasteiger partial charge in [-0.25, -0.2) is 0 Å². The first-order valence-electron chi connectivity index (χ1n) is 6.08. The molecule has 0 unspecified atom stereocenters. The molecule has 0 atom stereocenters. The summed E-state index contributed by atoms with van der Waals surface area (Å²) in [7, 11) is 0. The van der Waals surface area contributed by atoms with Crippen molar-refractivity contribution in [3.63, 3.8) is 0 Å². The number of para-hydroxylation sites is 1. The minimum absolute atomic E-state index is 0.211. The number of hydrogen-bond acceptors (Lipinski definition) is 3. The number of hydrogen-bond donors (Lipinski definition) is 1. The second-order valence-corrected chi connectivity index (χ2v) is 4.38. The number of nitrogens with two attached hydrogens (primary N) is 1. The highest BCUT2D eigenvalue weighted by Crippen LogP contribution is 2.24. The molecule has 0 saturated carbocycles. The monoisotopic (exact) mass is 265 g/mol. The first-order valence-corrected chi connectivity index (χ1v) is 6.08. The van der Waals surface area contributed by atoms with Crippen LogP contribution >= 0.6 is 0 Å². The van der Waals surface area contributed by atoms with Crippen molar-refractivity contribution in [2.24, 2.45) is 5.73 Å². The molecule has 98 valence electrons. The number of amides is 1. The maximum Gasteiger partial charge on any atom is 0.249 e. The molecule has 0 spiro atoms. The van der Waals surface area contributed by atoms with Gasteiger partial charge in [0.15, 0.2) is 5.78 Å². The summed E-state index contributed by atoms with van der Waals surface area (Å²) in [5.41, 5.74) is 6.86. The largest absolute Gasteiger partial charge is 0.464 e. The Kier molecular flexibility index (Phi) is 2.84. The number of rotatable bonds is 3. The van der Waals surface area contributed by atoms with E-state index < -0.39 is 5.91 Å². The van der Waals surface area contributed by atoms with Crippen molar-refractivity contribution in [2.45, 2.75) is 0 Å². The lowest BCUT2D eigenvalue weighted by molar-refractivity contribution is 0.0981. The molecule has 3 rings (SSSR count). The molecule has 0 aliphatic heterocycles. The Morgan fingerprint density at radius 3 is 2.25 bits per heavy atom. The van der Waals surface area contributed by atoms with Gasteiger partial charge in [0.05, 0.1) is 11.1 Å². The molecule has 2 aromatic carbocycles. The van der Waals surface area contributed by atoms with Crippen LogP contribution in [0.15, 0.2) is 59.2 Å². The van der Waals surface area contributed by atoms with Crippen LogP contribution in [0.5, 0.6) is 0 Å². The minimum atomic E-state index is -0.623. The number of fused-ring (bicyclic) bond motifs is 1. The van der Waals surface area contributed by atoms with Crippen molar-refractivity contribution < 1.29 is 14.0 Å². The lowest BCUT2D eigenvalue weighted by Gasteiger charge is -2.04. The van der Waals surface area contributed by atoms with E-state index in [0.29, 0.717) is 11.1 Å². The van der Waals surface area contributed by atoms with Crippen molar-refractivity contribution in [3.05, 3.63) is 71.5 Å². The summed E-state index contributed by atoms with van der Waals surface area (Å²) < 4.78 is 5.35. The first-order chi connectivity index (χ1) is 9.68. The van der Waals surface area contributed by atoms with Gasteiger partial charge in [-0.15, -0.1) is 0 Å². The molecule has 0 saturated heterocycles. The highest BCUT2D eigenvalue weighted by molar-refractivity contribution is 6.19. The smallest absolute Gasteiger partial charge is 0.249 e. The Morgan fingerprint density at radius 2 is 1.50 bits per heavy atom. The summed E-state index contributed by atoms with van der Waals surface area (Å²) in [5, 5.41) is 0.719. The molecule has 0 radical (unpaired) electrons. The van der Waals surface area contributed by atoms with Gasteiger partial charge in [-0.05, 0) is 12.1 Å². The minimum Gasteiger partial charge on any atom is -0.464 e. The van der Waals surface area contributed by atoms with E-state index in [1.54, 1.807) is 30.3 Å². The molecule has 1 amide bonds. The van der Waals surface area contributed by atoms with E-state index in [1.807, 2.05) is 12.1 Å². The Morgan fingerprint density at radius 1 is 0.850 bits per heavy atom. The van der Waals surface area contributed by atoms with Gasteiger partial charge in [0.1, 0.15) is 11.8 Å². The SMILES string of the molecule is NC(=O)c1ccccc1C(=O)c1coc2ccccc12. The second kappa shape index (κ2) is 4.66. The molecule has 0 aliphatic rings. The summed E-state index contributed by atoms with van der Waals surface area (Å²) in [6, 6.07) is 13.7. The molecular formula is C16H11NO3. The van der Waals surface area contributed by atoms with Gasteiger partial charge in [0.25, 0.3) is 0 Å². The van der Waals surface area contributed by atoms with E-state index in [0.717, 1.165) is 5.39 Å². The Bertz CT molecular complexity index is 817. The van der Waals surface area contributed by atoms with Crippen LogP contribution in [0.3, 0.4) is 0 Å². The molecule has 0 bridgehead atoms. The van der Waals surface area contributed by atoms with E-state index in [4.69, 9.17) is 10.2 Å². The maximum atomic E-state index is 12.6. The fourth-order valence-corrected chi connectivity index (χ4v) is 2.19.